The van der Waals surface area contributed by atoms with Gasteiger partial charge in [-0.3, -0.25) is 0 Å². The molecule has 3 nitrogen and oxygen atoms in total. The largest absolute Gasteiger partial charge is 0.240 e. The second-order valence-electron chi connectivity index (χ2n) is 5.68. The van der Waals surface area contributed by atoms with Crippen molar-refractivity contribution in [1.29, 1.82) is 0 Å². The first kappa shape index (κ1) is 19.1. The van der Waals surface area contributed by atoms with Gasteiger partial charge in [-0.15, -0.1) is 0 Å². The summed E-state index contributed by atoms with van der Waals surface area (Å²) in [7, 11) is -3.50. The highest BCUT2D eigenvalue weighted by Gasteiger charge is 2.12. The van der Waals surface area contributed by atoms with E-state index >= 15 is 0 Å². The molecular formula is C17H28FNO2S. The molecule has 0 saturated heterocycles. The number of rotatable bonds is 12. The Kier molecular flexibility index (Phi) is 9.32. The van der Waals surface area contributed by atoms with E-state index in [9.17, 15) is 12.8 Å². The van der Waals surface area contributed by atoms with Crippen LogP contribution in [0.5, 0.6) is 0 Å². The minimum atomic E-state index is -3.50. The van der Waals surface area contributed by atoms with Crippen LogP contribution in [-0.2, 0) is 10.0 Å². The Bertz CT molecular complexity index is 500. The summed E-state index contributed by atoms with van der Waals surface area (Å²) in [6.07, 6.45) is 10.8. The predicted molar refractivity (Wildman–Crippen MR) is 88.8 cm³/mol. The van der Waals surface area contributed by atoms with E-state index in [0.29, 0.717) is 6.54 Å². The molecule has 0 radical (unpaired) electrons. The third-order valence-electron chi connectivity index (χ3n) is 3.70. The van der Waals surface area contributed by atoms with Crippen LogP contribution in [-0.4, -0.2) is 15.0 Å². The van der Waals surface area contributed by atoms with Crippen LogP contribution in [0.4, 0.5) is 4.39 Å². The molecule has 0 spiro atoms. The molecule has 1 aromatic carbocycles. The van der Waals surface area contributed by atoms with Crippen LogP contribution in [0.25, 0.3) is 0 Å². The lowest BCUT2D eigenvalue weighted by atomic mass is 10.1. The second-order valence-corrected chi connectivity index (χ2v) is 7.45. The highest BCUT2D eigenvalue weighted by Crippen LogP contribution is 2.11. The van der Waals surface area contributed by atoms with Gasteiger partial charge in [0.25, 0.3) is 0 Å². The van der Waals surface area contributed by atoms with Crippen LogP contribution < -0.4 is 4.72 Å². The van der Waals surface area contributed by atoms with E-state index in [2.05, 4.69) is 11.6 Å². The van der Waals surface area contributed by atoms with Crippen molar-refractivity contribution < 1.29 is 12.8 Å². The summed E-state index contributed by atoms with van der Waals surface area (Å²) in [6.45, 7) is 2.66. The van der Waals surface area contributed by atoms with Gasteiger partial charge in [-0.25, -0.2) is 17.5 Å². The molecule has 1 N–H and O–H groups in total. The number of benzene rings is 1. The molecule has 0 unspecified atom stereocenters. The fraction of sp³-hybridized carbons (Fsp3) is 0.647. The molecule has 0 aliphatic carbocycles. The molecule has 1 aromatic rings. The molecular weight excluding hydrogens is 301 g/mol. The van der Waals surface area contributed by atoms with Crippen molar-refractivity contribution in [2.24, 2.45) is 0 Å². The monoisotopic (exact) mass is 329 g/mol. The molecule has 5 heteroatoms. The van der Waals surface area contributed by atoms with Crippen LogP contribution >= 0.6 is 0 Å². The van der Waals surface area contributed by atoms with Crippen LogP contribution in [0.1, 0.15) is 64.7 Å². The van der Waals surface area contributed by atoms with Gasteiger partial charge >= 0.3 is 0 Å². The number of hydrogen-bond acceptors (Lipinski definition) is 2. The summed E-state index contributed by atoms with van der Waals surface area (Å²) in [4.78, 5) is 0.116. The molecule has 0 amide bonds. The molecule has 0 heterocycles. The van der Waals surface area contributed by atoms with Gasteiger partial charge in [0.05, 0.1) is 4.90 Å². The maximum atomic E-state index is 12.8. The van der Waals surface area contributed by atoms with Crippen LogP contribution in [0.15, 0.2) is 29.2 Å². The molecule has 22 heavy (non-hydrogen) atoms. The fourth-order valence-electron chi connectivity index (χ4n) is 2.34. The molecule has 1 rings (SSSR count). The van der Waals surface area contributed by atoms with E-state index < -0.39 is 15.8 Å². The number of sulfonamides is 1. The van der Waals surface area contributed by atoms with E-state index in [0.717, 1.165) is 31.4 Å². The maximum absolute atomic E-state index is 12.8. The first-order chi connectivity index (χ1) is 10.6. The molecule has 0 fully saturated rings. The normalized spacial score (nSPS) is 11.7. The first-order valence-corrected chi connectivity index (χ1v) is 9.80. The van der Waals surface area contributed by atoms with E-state index in [1.807, 2.05) is 0 Å². The van der Waals surface area contributed by atoms with Crippen molar-refractivity contribution in [3.05, 3.63) is 30.1 Å². The van der Waals surface area contributed by atoms with Gasteiger partial charge in [-0.1, -0.05) is 58.3 Å². The highest BCUT2D eigenvalue weighted by molar-refractivity contribution is 7.89. The Labute approximate surface area is 134 Å². The van der Waals surface area contributed by atoms with Gasteiger partial charge in [-0.2, -0.15) is 0 Å². The van der Waals surface area contributed by atoms with Gasteiger partial charge in [0, 0.05) is 6.54 Å². The lowest BCUT2D eigenvalue weighted by Crippen LogP contribution is -2.24. The number of halogens is 1. The van der Waals surface area contributed by atoms with Crippen LogP contribution in [0.2, 0.25) is 0 Å². The molecule has 0 aliphatic rings. The number of hydrogen-bond donors (Lipinski definition) is 1. The molecule has 0 aromatic heterocycles. The van der Waals surface area contributed by atoms with Crippen molar-refractivity contribution in [2.45, 2.75) is 69.6 Å². The quantitative estimate of drug-likeness (QED) is 0.568. The summed E-state index contributed by atoms with van der Waals surface area (Å²) in [5, 5.41) is 0. The smallest absolute Gasteiger partial charge is 0.211 e. The second kappa shape index (κ2) is 10.7. The van der Waals surface area contributed by atoms with E-state index in [-0.39, 0.29) is 4.90 Å². The van der Waals surface area contributed by atoms with Crippen molar-refractivity contribution >= 4 is 10.0 Å². The zero-order valence-corrected chi connectivity index (χ0v) is 14.3. The summed E-state index contributed by atoms with van der Waals surface area (Å²) in [5.41, 5.74) is 0. The Balaban J connectivity index is 2.10. The van der Waals surface area contributed by atoms with Crippen molar-refractivity contribution in [3.8, 4) is 0 Å². The average molecular weight is 329 g/mol. The first-order valence-electron chi connectivity index (χ1n) is 8.31. The van der Waals surface area contributed by atoms with Gasteiger partial charge in [0.1, 0.15) is 5.82 Å². The molecule has 0 atom stereocenters. The minimum absolute atomic E-state index is 0.116. The summed E-state index contributed by atoms with van der Waals surface area (Å²) in [6, 6.07) is 4.89. The third kappa shape index (κ3) is 7.90. The molecule has 0 aliphatic heterocycles. The lowest BCUT2D eigenvalue weighted by molar-refractivity contribution is 0.553. The number of nitrogens with one attached hydrogen (secondary N) is 1. The molecule has 0 saturated carbocycles. The Morgan fingerprint density at radius 2 is 1.36 bits per heavy atom. The Morgan fingerprint density at radius 3 is 1.91 bits per heavy atom. The average Bonchev–Trinajstić information content (AvgIpc) is 2.49. The Morgan fingerprint density at radius 1 is 0.864 bits per heavy atom. The lowest BCUT2D eigenvalue weighted by Gasteiger charge is -2.06. The zero-order valence-electron chi connectivity index (χ0n) is 13.5. The van der Waals surface area contributed by atoms with E-state index in [1.54, 1.807) is 0 Å². The minimum Gasteiger partial charge on any atom is -0.211 e. The summed E-state index contributed by atoms with van der Waals surface area (Å²) < 4.78 is 39.2. The molecule has 0 bridgehead atoms. The Hall–Kier alpha value is -0.940. The topological polar surface area (TPSA) is 46.2 Å². The van der Waals surface area contributed by atoms with Crippen LogP contribution in [0.3, 0.4) is 0 Å². The van der Waals surface area contributed by atoms with E-state index in [1.165, 1.54) is 50.7 Å². The van der Waals surface area contributed by atoms with Gasteiger partial charge in [-0.05, 0) is 30.7 Å². The number of unbranched alkanes of at least 4 members (excludes halogenated alkanes) is 8. The van der Waals surface area contributed by atoms with E-state index in [4.69, 9.17) is 0 Å². The SMILES string of the molecule is CCCCCCCCCCCNS(=O)(=O)c1ccc(F)cc1. The van der Waals surface area contributed by atoms with Crippen molar-refractivity contribution in [2.75, 3.05) is 6.54 Å². The van der Waals surface area contributed by atoms with Crippen LogP contribution in [0, 0.1) is 5.82 Å². The maximum Gasteiger partial charge on any atom is 0.240 e. The standard InChI is InChI=1S/C17H28FNO2S/c1-2-3-4-5-6-7-8-9-10-15-19-22(20,21)17-13-11-16(18)12-14-17/h11-14,19H,2-10,15H2,1H3. The summed E-state index contributed by atoms with van der Waals surface area (Å²) in [5.74, 6) is -0.433. The van der Waals surface area contributed by atoms with Gasteiger partial charge in [0.15, 0.2) is 0 Å². The third-order valence-corrected chi connectivity index (χ3v) is 5.17. The highest BCUT2D eigenvalue weighted by atomic mass is 32.2. The van der Waals surface area contributed by atoms with Gasteiger partial charge < -0.3 is 0 Å². The zero-order chi connectivity index (χ0) is 16.3. The summed E-state index contributed by atoms with van der Waals surface area (Å²) >= 11 is 0. The van der Waals surface area contributed by atoms with Crippen molar-refractivity contribution in [3.63, 3.8) is 0 Å². The predicted octanol–water partition coefficient (Wildman–Crippen LogP) is 4.63. The van der Waals surface area contributed by atoms with Crippen molar-refractivity contribution in [1.82, 2.24) is 4.72 Å². The fourth-order valence-corrected chi connectivity index (χ4v) is 3.41. The molecule has 126 valence electrons. The van der Waals surface area contributed by atoms with Gasteiger partial charge in [0.2, 0.25) is 10.0 Å².